The number of hydrogen-bond acceptors (Lipinski definition) is 3. The quantitative estimate of drug-likeness (QED) is 0.698. The fraction of sp³-hybridized carbons (Fsp3) is 0.238. The first-order valence-electron chi connectivity index (χ1n) is 8.83. The van der Waals surface area contributed by atoms with E-state index in [-0.39, 0.29) is 24.3 Å². The summed E-state index contributed by atoms with van der Waals surface area (Å²) in [7, 11) is 1.89. The van der Waals surface area contributed by atoms with E-state index in [2.05, 4.69) is 10.4 Å². The molecule has 0 aliphatic heterocycles. The SMILES string of the molecule is CC(NC(=O)CN(C)Cc1cnn(-c2ccccc2)c1)c1ccc(F)cc1. The largest absolute Gasteiger partial charge is 0.348 e. The maximum Gasteiger partial charge on any atom is 0.234 e. The van der Waals surface area contributed by atoms with Gasteiger partial charge in [-0.1, -0.05) is 30.3 Å². The third kappa shape index (κ3) is 5.24. The van der Waals surface area contributed by atoms with Crippen molar-refractivity contribution in [2.24, 2.45) is 0 Å². The second-order valence-corrected chi connectivity index (χ2v) is 6.64. The summed E-state index contributed by atoms with van der Waals surface area (Å²) in [5, 5.41) is 7.31. The molecule has 0 saturated carbocycles. The van der Waals surface area contributed by atoms with Crippen molar-refractivity contribution in [2.75, 3.05) is 13.6 Å². The van der Waals surface area contributed by atoms with E-state index in [1.165, 1.54) is 12.1 Å². The molecular weight excluding hydrogens is 343 g/mol. The molecule has 0 fully saturated rings. The zero-order chi connectivity index (χ0) is 19.2. The fourth-order valence-electron chi connectivity index (χ4n) is 2.90. The van der Waals surface area contributed by atoms with Crippen molar-refractivity contribution in [2.45, 2.75) is 19.5 Å². The number of benzene rings is 2. The third-order valence-corrected chi connectivity index (χ3v) is 4.27. The van der Waals surface area contributed by atoms with E-state index < -0.39 is 0 Å². The van der Waals surface area contributed by atoms with Gasteiger partial charge in [-0.05, 0) is 43.8 Å². The van der Waals surface area contributed by atoms with Gasteiger partial charge in [-0.15, -0.1) is 0 Å². The average Bonchev–Trinajstić information content (AvgIpc) is 3.11. The summed E-state index contributed by atoms with van der Waals surface area (Å²) in [5.41, 5.74) is 2.90. The van der Waals surface area contributed by atoms with Crippen molar-refractivity contribution < 1.29 is 9.18 Å². The van der Waals surface area contributed by atoms with Crippen molar-refractivity contribution in [1.29, 1.82) is 0 Å². The predicted molar refractivity (Wildman–Crippen MR) is 103 cm³/mol. The van der Waals surface area contributed by atoms with Crippen molar-refractivity contribution in [3.8, 4) is 5.69 Å². The lowest BCUT2D eigenvalue weighted by atomic mass is 10.1. The van der Waals surface area contributed by atoms with Crippen LogP contribution in [-0.4, -0.2) is 34.2 Å². The van der Waals surface area contributed by atoms with Gasteiger partial charge in [0.15, 0.2) is 0 Å². The number of likely N-dealkylation sites (N-methyl/N-ethyl adjacent to an activating group) is 1. The lowest BCUT2D eigenvalue weighted by Gasteiger charge is -2.18. The summed E-state index contributed by atoms with van der Waals surface area (Å²) in [6.07, 6.45) is 3.77. The van der Waals surface area contributed by atoms with Crippen molar-refractivity contribution in [3.63, 3.8) is 0 Å². The average molecular weight is 366 g/mol. The summed E-state index contributed by atoms with van der Waals surface area (Å²) in [6, 6.07) is 15.9. The minimum absolute atomic E-state index is 0.0789. The van der Waals surface area contributed by atoms with Gasteiger partial charge in [0, 0.05) is 18.3 Å². The summed E-state index contributed by atoms with van der Waals surface area (Å²) in [5.74, 6) is -0.363. The monoisotopic (exact) mass is 366 g/mol. The molecule has 0 aliphatic rings. The number of hydrogen-bond donors (Lipinski definition) is 1. The number of halogens is 1. The number of aromatic nitrogens is 2. The smallest absolute Gasteiger partial charge is 0.234 e. The standard InChI is InChI=1S/C21H23FN4O/c1-16(18-8-10-19(22)11-9-18)24-21(27)15-25(2)13-17-12-23-26(14-17)20-6-4-3-5-7-20/h3-12,14,16H,13,15H2,1-2H3,(H,24,27). The number of nitrogens with zero attached hydrogens (tertiary/aromatic N) is 3. The molecule has 3 aromatic rings. The highest BCUT2D eigenvalue weighted by Gasteiger charge is 2.13. The summed E-state index contributed by atoms with van der Waals surface area (Å²) in [4.78, 5) is 14.2. The Morgan fingerprint density at radius 2 is 1.89 bits per heavy atom. The molecule has 0 radical (unpaired) electrons. The van der Waals surface area contributed by atoms with Gasteiger partial charge >= 0.3 is 0 Å². The van der Waals surface area contributed by atoms with Gasteiger partial charge in [0.05, 0.1) is 24.5 Å². The first-order chi connectivity index (χ1) is 13.0. The molecule has 0 spiro atoms. The van der Waals surface area contributed by atoms with Crippen LogP contribution in [0.3, 0.4) is 0 Å². The molecule has 3 rings (SSSR count). The zero-order valence-corrected chi connectivity index (χ0v) is 15.5. The maximum absolute atomic E-state index is 13.0. The molecular formula is C21H23FN4O. The van der Waals surface area contributed by atoms with Crippen molar-refractivity contribution in [3.05, 3.63) is 83.9 Å². The molecule has 27 heavy (non-hydrogen) atoms. The molecule has 0 aliphatic carbocycles. The first kappa shape index (κ1) is 18.8. The molecule has 140 valence electrons. The Morgan fingerprint density at radius 3 is 2.59 bits per heavy atom. The Balaban J connectivity index is 1.51. The maximum atomic E-state index is 13.0. The molecule has 0 saturated heterocycles. The molecule has 1 unspecified atom stereocenters. The van der Waals surface area contributed by atoms with Crippen LogP contribution in [0.2, 0.25) is 0 Å². The molecule has 1 atom stereocenters. The Hall–Kier alpha value is -2.99. The number of nitrogens with one attached hydrogen (secondary N) is 1. The van der Waals surface area contributed by atoms with Crippen LogP contribution in [0.5, 0.6) is 0 Å². The zero-order valence-electron chi connectivity index (χ0n) is 15.5. The van der Waals surface area contributed by atoms with E-state index in [9.17, 15) is 9.18 Å². The van der Waals surface area contributed by atoms with Crippen LogP contribution in [0.15, 0.2) is 67.0 Å². The van der Waals surface area contributed by atoms with Crippen LogP contribution in [0.25, 0.3) is 5.69 Å². The normalized spacial score (nSPS) is 12.1. The van der Waals surface area contributed by atoms with Crippen LogP contribution in [0.4, 0.5) is 4.39 Å². The number of rotatable bonds is 7. The van der Waals surface area contributed by atoms with E-state index in [0.717, 1.165) is 16.8 Å². The minimum atomic E-state index is -0.284. The summed E-state index contributed by atoms with van der Waals surface area (Å²) >= 11 is 0. The molecule has 0 bridgehead atoms. The van der Waals surface area contributed by atoms with Gasteiger partial charge in [-0.25, -0.2) is 9.07 Å². The summed E-state index contributed by atoms with van der Waals surface area (Å²) in [6.45, 7) is 2.77. The number of para-hydroxylation sites is 1. The lowest BCUT2D eigenvalue weighted by molar-refractivity contribution is -0.122. The second-order valence-electron chi connectivity index (χ2n) is 6.64. The molecule has 1 aromatic heterocycles. The van der Waals surface area contributed by atoms with Gasteiger partial charge in [0.1, 0.15) is 5.82 Å². The van der Waals surface area contributed by atoms with Crippen LogP contribution >= 0.6 is 0 Å². The topological polar surface area (TPSA) is 50.2 Å². The van der Waals surface area contributed by atoms with Crippen LogP contribution in [-0.2, 0) is 11.3 Å². The Bertz CT molecular complexity index is 877. The minimum Gasteiger partial charge on any atom is -0.348 e. The van der Waals surface area contributed by atoms with Gasteiger partial charge in [-0.2, -0.15) is 5.10 Å². The van der Waals surface area contributed by atoms with Crippen LogP contribution < -0.4 is 5.32 Å². The van der Waals surface area contributed by atoms with E-state index in [1.807, 2.05) is 66.3 Å². The number of carbonyl (C=O) groups excluding carboxylic acids is 1. The molecule has 1 N–H and O–H groups in total. The Kier molecular flexibility index (Phi) is 5.98. The number of amides is 1. The van der Waals surface area contributed by atoms with E-state index in [4.69, 9.17) is 0 Å². The molecule has 6 heteroatoms. The van der Waals surface area contributed by atoms with E-state index >= 15 is 0 Å². The van der Waals surface area contributed by atoms with Crippen molar-refractivity contribution in [1.82, 2.24) is 20.0 Å². The fourth-order valence-corrected chi connectivity index (χ4v) is 2.90. The van der Waals surface area contributed by atoms with Gasteiger partial charge in [0.25, 0.3) is 0 Å². The molecule has 1 amide bonds. The predicted octanol–water partition coefficient (Wildman–Crippen LogP) is 3.32. The molecule has 2 aromatic carbocycles. The van der Waals surface area contributed by atoms with E-state index in [1.54, 1.807) is 12.1 Å². The summed E-state index contributed by atoms with van der Waals surface area (Å²) < 4.78 is 14.8. The third-order valence-electron chi connectivity index (χ3n) is 4.27. The van der Waals surface area contributed by atoms with Crippen molar-refractivity contribution >= 4 is 5.91 Å². The Morgan fingerprint density at radius 1 is 1.19 bits per heavy atom. The van der Waals surface area contributed by atoms with Crippen LogP contribution in [0, 0.1) is 5.82 Å². The van der Waals surface area contributed by atoms with Gasteiger partial charge in [-0.3, -0.25) is 9.69 Å². The van der Waals surface area contributed by atoms with E-state index in [0.29, 0.717) is 6.54 Å². The van der Waals surface area contributed by atoms with Gasteiger partial charge in [0.2, 0.25) is 5.91 Å². The highest BCUT2D eigenvalue weighted by atomic mass is 19.1. The first-order valence-corrected chi connectivity index (χ1v) is 8.83. The highest BCUT2D eigenvalue weighted by molar-refractivity contribution is 5.78. The second kappa shape index (κ2) is 8.60. The Labute approximate surface area is 158 Å². The number of carbonyl (C=O) groups is 1. The van der Waals surface area contributed by atoms with Gasteiger partial charge < -0.3 is 5.32 Å². The molecule has 1 heterocycles. The highest BCUT2D eigenvalue weighted by Crippen LogP contribution is 2.13. The van der Waals surface area contributed by atoms with Crippen LogP contribution in [0.1, 0.15) is 24.1 Å². The lowest BCUT2D eigenvalue weighted by Crippen LogP contribution is -2.36. The molecule has 5 nitrogen and oxygen atoms in total.